The van der Waals surface area contributed by atoms with E-state index in [0.29, 0.717) is 6.04 Å². The van der Waals surface area contributed by atoms with E-state index >= 15 is 0 Å². The van der Waals surface area contributed by atoms with Crippen LogP contribution in [0.3, 0.4) is 0 Å². The van der Waals surface area contributed by atoms with E-state index in [1.807, 2.05) is 0 Å². The van der Waals surface area contributed by atoms with E-state index in [4.69, 9.17) is 0 Å². The second kappa shape index (κ2) is 4.80. The summed E-state index contributed by atoms with van der Waals surface area (Å²) in [6.07, 6.45) is 1.23. The van der Waals surface area contributed by atoms with Crippen molar-refractivity contribution in [2.45, 2.75) is 40.2 Å². The molecule has 0 saturated heterocycles. The summed E-state index contributed by atoms with van der Waals surface area (Å²) < 4.78 is 0. The fraction of sp³-hybridized carbons (Fsp3) is 1.00. The summed E-state index contributed by atoms with van der Waals surface area (Å²) in [5.41, 5.74) is 0. The predicted molar refractivity (Wildman–Crippen MR) is 42.6 cm³/mol. The van der Waals surface area contributed by atoms with Gasteiger partial charge in [-0.15, -0.1) is 0 Å². The molecule has 56 valence electrons. The quantitative estimate of drug-likeness (QED) is 0.612. The van der Waals surface area contributed by atoms with Crippen LogP contribution in [0.2, 0.25) is 0 Å². The third-order valence-corrected chi connectivity index (χ3v) is 1.72. The molecule has 0 fully saturated rings. The van der Waals surface area contributed by atoms with Gasteiger partial charge in [0, 0.05) is 6.04 Å². The Morgan fingerprint density at radius 2 is 1.78 bits per heavy atom. The van der Waals surface area contributed by atoms with Gasteiger partial charge in [-0.3, -0.25) is 0 Å². The molecule has 0 aromatic heterocycles. The molecule has 0 radical (unpaired) electrons. The molecule has 0 aliphatic carbocycles. The molecular weight excluding hydrogens is 110 g/mol. The lowest BCUT2D eigenvalue weighted by atomic mass is 10.1. The Balaban J connectivity index is 3.16. The molecule has 9 heavy (non-hydrogen) atoms. The van der Waals surface area contributed by atoms with Gasteiger partial charge in [-0.05, 0) is 25.8 Å². The first-order chi connectivity index (χ1) is 4.18. The van der Waals surface area contributed by atoms with Crippen LogP contribution in [0.5, 0.6) is 0 Å². The minimum absolute atomic E-state index is 0.671. The van der Waals surface area contributed by atoms with E-state index in [1.54, 1.807) is 0 Å². The molecule has 0 aliphatic rings. The van der Waals surface area contributed by atoms with Crippen LogP contribution in [0.4, 0.5) is 0 Å². The molecule has 1 atom stereocenters. The standard InChI is InChI=1S/C8H19N/c1-5-6-9-8(4)7(2)3/h7-9H,5-6H2,1-4H3. The Hall–Kier alpha value is -0.0400. The molecule has 1 N–H and O–H groups in total. The summed E-state index contributed by atoms with van der Waals surface area (Å²) in [6.45, 7) is 10.1. The Morgan fingerprint density at radius 1 is 1.22 bits per heavy atom. The van der Waals surface area contributed by atoms with Crippen molar-refractivity contribution in [3.63, 3.8) is 0 Å². The molecular formula is C8H19N. The van der Waals surface area contributed by atoms with E-state index in [2.05, 4.69) is 33.0 Å². The normalized spacial score (nSPS) is 14.3. The maximum Gasteiger partial charge on any atom is 0.00617 e. The number of rotatable bonds is 4. The Kier molecular flexibility index (Phi) is 4.78. The van der Waals surface area contributed by atoms with Crippen LogP contribution in [0, 0.1) is 5.92 Å². The Morgan fingerprint density at radius 3 is 2.11 bits per heavy atom. The van der Waals surface area contributed by atoms with Crippen LogP contribution in [0.15, 0.2) is 0 Å². The second-order valence-electron chi connectivity index (χ2n) is 2.99. The smallest absolute Gasteiger partial charge is 0.00617 e. The van der Waals surface area contributed by atoms with Crippen molar-refractivity contribution in [3.8, 4) is 0 Å². The van der Waals surface area contributed by atoms with Gasteiger partial charge in [0.1, 0.15) is 0 Å². The fourth-order valence-corrected chi connectivity index (χ4v) is 0.608. The van der Waals surface area contributed by atoms with Crippen molar-refractivity contribution in [1.29, 1.82) is 0 Å². The van der Waals surface area contributed by atoms with Crippen LogP contribution < -0.4 is 5.32 Å². The van der Waals surface area contributed by atoms with Gasteiger partial charge in [0.05, 0.1) is 0 Å². The second-order valence-corrected chi connectivity index (χ2v) is 2.99. The highest BCUT2D eigenvalue weighted by Crippen LogP contribution is 1.98. The lowest BCUT2D eigenvalue weighted by Crippen LogP contribution is -2.31. The van der Waals surface area contributed by atoms with Gasteiger partial charge in [-0.1, -0.05) is 20.8 Å². The third kappa shape index (κ3) is 4.46. The highest BCUT2D eigenvalue weighted by molar-refractivity contribution is 4.62. The van der Waals surface area contributed by atoms with Crippen molar-refractivity contribution >= 4 is 0 Å². The Bertz CT molecular complexity index is 59.6. The first-order valence-electron chi connectivity index (χ1n) is 3.91. The van der Waals surface area contributed by atoms with Gasteiger partial charge < -0.3 is 5.32 Å². The van der Waals surface area contributed by atoms with Crippen LogP contribution in [0.25, 0.3) is 0 Å². The zero-order valence-electron chi connectivity index (χ0n) is 7.07. The molecule has 0 spiro atoms. The first-order valence-corrected chi connectivity index (χ1v) is 3.91. The topological polar surface area (TPSA) is 12.0 Å². The van der Waals surface area contributed by atoms with Crippen LogP contribution in [-0.2, 0) is 0 Å². The fourth-order valence-electron chi connectivity index (χ4n) is 0.608. The minimum Gasteiger partial charge on any atom is -0.314 e. The van der Waals surface area contributed by atoms with E-state index in [0.717, 1.165) is 12.5 Å². The van der Waals surface area contributed by atoms with Crippen molar-refractivity contribution in [2.24, 2.45) is 5.92 Å². The average Bonchev–Trinajstić information content (AvgIpc) is 1.82. The molecule has 0 aliphatic heterocycles. The van der Waals surface area contributed by atoms with Gasteiger partial charge >= 0.3 is 0 Å². The number of nitrogens with one attached hydrogen (secondary N) is 1. The average molecular weight is 129 g/mol. The summed E-state index contributed by atoms with van der Waals surface area (Å²) >= 11 is 0. The van der Waals surface area contributed by atoms with Crippen LogP contribution in [0.1, 0.15) is 34.1 Å². The van der Waals surface area contributed by atoms with Crippen LogP contribution >= 0.6 is 0 Å². The van der Waals surface area contributed by atoms with Crippen molar-refractivity contribution in [3.05, 3.63) is 0 Å². The monoisotopic (exact) mass is 129 g/mol. The minimum atomic E-state index is 0.671. The summed E-state index contributed by atoms with van der Waals surface area (Å²) in [6, 6.07) is 0.671. The highest BCUT2D eigenvalue weighted by Gasteiger charge is 2.03. The molecule has 0 rings (SSSR count). The molecule has 1 unspecified atom stereocenters. The van der Waals surface area contributed by atoms with Gasteiger partial charge in [0.2, 0.25) is 0 Å². The van der Waals surface area contributed by atoms with Crippen molar-refractivity contribution < 1.29 is 0 Å². The molecule has 0 bridgehead atoms. The summed E-state index contributed by atoms with van der Waals surface area (Å²) in [5.74, 6) is 0.761. The van der Waals surface area contributed by atoms with Gasteiger partial charge in [0.15, 0.2) is 0 Å². The van der Waals surface area contributed by atoms with E-state index in [1.165, 1.54) is 6.42 Å². The molecule has 1 heteroatoms. The lowest BCUT2D eigenvalue weighted by molar-refractivity contribution is 0.428. The van der Waals surface area contributed by atoms with Crippen LogP contribution in [-0.4, -0.2) is 12.6 Å². The van der Waals surface area contributed by atoms with Gasteiger partial charge in [-0.2, -0.15) is 0 Å². The van der Waals surface area contributed by atoms with Crippen molar-refractivity contribution in [2.75, 3.05) is 6.54 Å². The maximum atomic E-state index is 3.43. The van der Waals surface area contributed by atoms with E-state index in [-0.39, 0.29) is 0 Å². The van der Waals surface area contributed by atoms with Gasteiger partial charge in [-0.25, -0.2) is 0 Å². The predicted octanol–water partition coefficient (Wildman–Crippen LogP) is 2.03. The first kappa shape index (κ1) is 8.96. The summed E-state index contributed by atoms with van der Waals surface area (Å²) in [5, 5.41) is 3.43. The maximum absolute atomic E-state index is 3.43. The molecule has 0 aromatic rings. The highest BCUT2D eigenvalue weighted by atomic mass is 14.9. The zero-order chi connectivity index (χ0) is 7.28. The van der Waals surface area contributed by atoms with E-state index in [9.17, 15) is 0 Å². The lowest BCUT2D eigenvalue weighted by Gasteiger charge is -2.16. The molecule has 0 saturated carbocycles. The summed E-state index contributed by atoms with van der Waals surface area (Å²) in [4.78, 5) is 0. The number of hydrogen-bond donors (Lipinski definition) is 1. The molecule has 0 aromatic carbocycles. The Labute approximate surface area is 58.8 Å². The third-order valence-electron chi connectivity index (χ3n) is 1.72. The van der Waals surface area contributed by atoms with E-state index < -0.39 is 0 Å². The molecule has 0 heterocycles. The zero-order valence-corrected chi connectivity index (χ0v) is 7.07. The SMILES string of the molecule is CCCNC(C)C(C)C. The largest absolute Gasteiger partial charge is 0.314 e. The summed E-state index contributed by atoms with van der Waals surface area (Å²) in [7, 11) is 0. The molecule has 0 amide bonds. The van der Waals surface area contributed by atoms with Gasteiger partial charge in [0.25, 0.3) is 0 Å². The molecule has 1 nitrogen and oxygen atoms in total. The van der Waals surface area contributed by atoms with Crippen molar-refractivity contribution in [1.82, 2.24) is 5.32 Å². The number of hydrogen-bond acceptors (Lipinski definition) is 1.